The van der Waals surface area contributed by atoms with Crippen molar-refractivity contribution >= 4 is 11.8 Å². The lowest BCUT2D eigenvalue weighted by molar-refractivity contribution is 0.271. The van der Waals surface area contributed by atoms with E-state index in [-0.39, 0.29) is 0 Å². The van der Waals surface area contributed by atoms with Gasteiger partial charge in [-0.25, -0.2) is 0 Å². The van der Waals surface area contributed by atoms with Gasteiger partial charge in [0.2, 0.25) is 0 Å². The minimum absolute atomic E-state index is 0.708. The van der Waals surface area contributed by atoms with E-state index in [2.05, 4.69) is 25.1 Å². The van der Waals surface area contributed by atoms with Gasteiger partial charge in [-0.15, -0.1) is 0 Å². The molecule has 0 heterocycles. The first kappa shape index (κ1) is 14.3. The highest BCUT2D eigenvalue weighted by atomic mass is 32.2. The maximum atomic E-state index is 5.45. The molecule has 0 bridgehead atoms. The van der Waals surface area contributed by atoms with Crippen LogP contribution in [0.1, 0.15) is 32.6 Å². The van der Waals surface area contributed by atoms with Crippen molar-refractivity contribution in [2.75, 3.05) is 32.1 Å². The van der Waals surface area contributed by atoms with Gasteiger partial charge in [0.25, 0.3) is 0 Å². The highest BCUT2D eigenvalue weighted by Crippen LogP contribution is 2.06. The van der Waals surface area contributed by atoms with Gasteiger partial charge in [-0.1, -0.05) is 12.8 Å². The van der Waals surface area contributed by atoms with Crippen molar-refractivity contribution in [3.8, 4) is 0 Å². The minimum atomic E-state index is 0.708. The molecule has 0 spiro atoms. The molecule has 3 heteroatoms. The summed E-state index contributed by atoms with van der Waals surface area (Å²) in [6.07, 6.45) is 7.29. The lowest BCUT2D eigenvalue weighted by Crippen LogP contribution is -2.31. The Hall–Kier alpha value is 0.270. The van der Waals surface area contributed by atoms with Gasteiger partial charge in [-0.3, -0.25) is 0 Å². The average molecular weight is 218 g/mol. The fourth-order valence-electron chi connectivity index (χ4n) is 1.45. The monoisotopic (exact) mass is 218 g/mol. The van der Waals surface area contributed by atoms with E-state index in [0.717, 1.165) is 6.54 Å². The summed E-state index contributed by atoms with van der Waals surface area (Å²) < 4.78 is 0. The van der Waals surface area contributed by atoms with Crippen molar-refractivity contribution in [1.29, 1.82) is 0 Å². The van der Waals surface area contributed by atoms with Crippen LogP contribution in [0.15, 0.2) is 0 Å². The van der Waals surface area contributed by atoms with E-state index >= 15 is 0 Å². The van der Waals surface area contributed by atoms with Crippen LogP contribution in [-0.4, -0.2) is 43.1 Å². The molecule has 0 aliphatic carbocycles. The second kappa shape index (κ2) is 9.81. The molecule has 0 aromatic carbocycles. The Labute approximate surface area is 93.6 Å². The molecular formula is C11H26N2S. The molecule has 0 radical (unpaired) electrons. The van der Waals surface area contributed by atoms with Crippen LogP contribution < -0.4 is 5.73 Å². The maximum Gasteiger partial charge on any atom is 0.0154 e. The molecule has 0 rings (SSSR count). The molecule has 86 valence electrons. The average Bonchev–Trinajstić information content (AvgIpc) is 2.17. The van der Waals surface area contributed by atoms with Gasteiger partial charge in [-0.2, -0.15) is 11.8 Å². The van der Waals surface area contributed by atoms with Gasteiger partial charge in [-0.05, 0) is 46.2 Å². The molecule has 2 nitrogen and oxygen atoms in total. The highest BCUT2D eigenvalue weighted by Gasteiger charge is 2.06. The zero-order chi connectivity index (χ0) is 10.8. The predicted molar refractivity (Wildman–Crippen MR) is 68.0 cm³/mol. The Bertz CT molecular complexity index is 120. The summed E-state index contributed by atoms with van der Waals surface area (Å²) in [5, 5.41) is 0. The molecule has 0 amide bonds. The summed E-state index contributed by atoms with van der Waals surface area (Å²) in [5.41, 5.74) is 5.45. The van der Waals surface area contributed by atoms with Crippen molar-refractivity contribution in [1.82, 2.24) is 4.90 Å². The van der Waals surface area contributed by atoms with E-state index in [9.17, 15) is 0 Å². The molecule has 0 saturated heterocycles. The van der Waals surface area contributed by atoms with Crippen LogP contribution in [0.3, 0.4) is 0 Å². The van der Waals surface area contributed by atoms with Gasteiger partial charge in [0.1, 0.15) is 0 Å². The smallest absolute Gasteiger partial charge is 0.0154 e. The van der Waals surface area contributed by atoms with E-state index in [4.69, 9.17) is 5.73 Å². The van der Waals surface area contributed by atoms with Crippen LogP contribution in [0, 0.1) is 0 Å². The first-order chi connectivity index (χ1) is 6.72. The number of hydrogen-bond acceptors (Lipinski definition) is 3. The first-order valence-corrected chi connectivity index (χ1v) is 7.01. The zero-order valence-electron chi connectivity index (χ0n) is 9.96. The molecular weight excluding hydrogens is 192 g/mol. The maximum absolute atomic E-state index is 5.45. The molecule has 0 aliphatic rings. The van der Waals surface area contributed by atoms with E-state index in [1.807, 2.05) is 11.8 Å². The van der Waals surface area contributed by atoms with Crippen LogP contribution >= 0.6 is 11.8 Å². The number of hydrogen-bond donors (Lipinski definition) is 1. The molecule has 1 unspecified atom stereocenters. The summed E-state index contributed by atoms with van der Waals surface area (Å²) in [4.78, 5) is 2.46. The van der Waals surface area contributed by atoms with Gasteiger partial charge < -0.3 is 10.6 Å². The van der Waals surface area contributed by atoms with E-state index in [0.29, 0.717) is 6.04 Å². The number of rotatable bonds is 9. The topological polar surface area (TPSA) is 29.3 Å². The van der Waals surface area contributed by atoms with Crippen molar-refractivity contribution < 1.29 is 0 Å². The van der Waals surface area contributed by atoms with Crippen LogP contribution in [0.5, 0.6) is 0 Å². The predicted octanol–water partition coefficient (Wildman–Crippen LogP) is 2.19. The Morgan fingerprint density at radius 2 is 1.86 bits per heavy atom. The number of unbranched alkanes of at least 4 members (excludes halogenated alkanes) is 3. The van der Waals surface area contributed by atoms with Crippen LogP contribution in [0.2, 0.25) is 0 Å². The Balaban J connectivity index is 3.29. The van der Waals surface area contributed by atoms with Crippen LogP contribution in [-0.2, 0) is 0 Å². The molecule has 0 aromatic heterocycles. The lowest BCUT2D eigenvalue weighted by Gasteiger charge is -2.23. The van der Waals surface area contributed by atoms with Crippen molar-refractivity contribution in [2.24, 2.45) is 5.73 Å². The second-order valence-corrected chi connectivity index (χ2v) is 4.90. The third kappa shape index (κ3) is 7.65. The Morgan fingerprint density at radius 1 is 1.21 bits per heavy atom. The molecule has 0 saturated carbocycles. The molecule has 2 N–H and O–H groups in total. The first-order valence-electron chi connectivity index (χ1n) is 5.61. The highest BCUT2D eigenvalue weighted by molar-refractivity contribution is 7.98. The molecule has 0 aliphatic heterocycles. The van der Waals surface area contributed by atoms with Crippen molar-refractivity contribution in [2.45, 2.75) is 38.6 Å². The number of nitrogens with two attached hydrogens (primary N) is 1. The van der Waals surface area contributed by atoms with Crippen LogP contribution in [0.25, 0.3) is 0 Å². The fourth-order valence-corrected chi connectivity index (χ4v) is 2.18. The SMILES string of the molecule is CSCC(C)N(C)CCCCCCN. The number of thioether (sulfide) groups is 1. The third-order valence-corrected chi connectivity index (χ3v) is 3.44. The largest absolute Gasteiger partial charge is 0.330 e. The van der Waals surface area contributed by atoms with E-state index < -0.39 is 0 Å². The van der Waals surface area contributed by atoms with Gasteiger partial charge >= 0.3 is 0 Å². The quantitative estimate of drug-likeness (QED) is 0.602. The van der Waals surface area contributed by atoms with Gasteiger partial charge in [0.15, 0.2) is 0 Å². The van der Waals surface area contributed by atoms with Gasteiger partial charge in [0.05, 0.1) is 0 Å². The second-order valence-electron chi connectivity index (χ2n) is 3.99. The molecule has 14 heavy (non-hydrogen) atoms. The van der Waals surface area contributed by atoms with E-state index in [1.165, 1.54) is 38.0 Å². The van der Waals surface area contributed by atoms with Crippen molar-refractivity contribution in [3.63, 3.8) is 0 Å². The summed E-state index contributed by atoms with van der Waals surface area (Å²) in [7, 11) is 2.23. The summed E-state index contributed by atoms with van der Waals surface area (Å²) in [5.74, 6) is 1.24. The zero-order valence-corrected chi connectivity index (χ0v) is 10.8. The third-order valence-electron chi connectivity index (χ3n) is 2.63. The molecule has 1 atom stereocenters. The summed E-state index contributed by atoms with van der Waals surface area (Å²) in [6.45, 7) is 4.38. The van der Waals surface area contributed by atoms with E-state index in [1.54, 1.807) is 0 Å². The van der Waals surface area contributed by atoms with Gasteiger partial charge in [0, 0.05) is 11.8 Å². The van der Waals surface area contributed by atoms with Crippen molar-refractivity contribution in [3.05, 3.63) is 0 Å². The molecule has 0 aromatic rings. The number of nitrogens with zero attached hydrogens (tertiary/aromatic N) is 1. The standard InChI is InChI=1S/C11H26N2S/c1-11(10-14-3)13(2)9-7-5-4-6-8-12/h11H,4-10,12H2,1-3H3. The van der Waals surface area contributed by atoms with Crippen LogP contribution in [0.4, 0.5) is 0 Å². The summed E-state index contributed by atoms with van der Waals surface area (Å²) >= 11 is 1.93. The minimum Gasteiger partial charge on any atom is -0.330 e. The molecule has 0 fully saturated rings. The Kier molecular flexibility index (Phi) is 10.0. The Morgan fingerprint density at radius 3 is 2.43 bits per heavy atom. The lowest BCUT2D eigenvalue weighted by atomic mass is 10.2. The fraction of sp³-hybridized carbons (Fsp3) is 1.00. The summed E-state index contributed by atoms with van der Waals surface area (Å²) in [6, 6.07) is 0.708. The normalized spacial score (nSPS) is 13.5.